The van der Waals surface area contributed by atoms with Gasteiger partial charge in [0.25, 0.3) is 0 Å². The maximum Gasteiger partial charge on any atom is 0.326 e. The standard InChI is InChI=1S/C28H40Cl2N10O9/c1-14(41)35-11-22(43)39-19(6-7-21(31)42)26(47)37-12-23(44)38-18(3-2-8-34-28(32)33)25(46)36-13-24(45)40-20(27(48)49)10-15-4-5-16(29)17(30)9-15/h4-5,9,18-20H,2-3,6-8,10-13H2,1H3,(H2,31,42)(H,35,41)(H,36,46)(H,37,47)(H,38,44)(H,39,43)(H,40,45)(H,48,49)(H4,32,33,34)/t18-,19?,20?/m0/s1. The van der Waals surface area contributed by atoms with Gasteiger partial charge >= 0.3 is 5.97 Å². The zero-order valence-corrected chi connectivity index (χ0v) is 28.0. The molecule has 3 atom stereocenters. The summed E-state index contributed by atoms with van der Waals surface area (Å²) >= 11 is 11.9. The summed E-state index contributed by atoms with van der Waals surface area (Å²) in [6.07, 6.45) is -0.417. The van der Waals surface area contributed by atoms with Crippen LogP contribution < -0.4 is 48.7 Å². The van der Waals surface area contributed by atoms with Gasteiger partial charge in [-0.15, -0.1) is 0 Å². The Bertz CT molecular complexity index is 1410. The van der Waals surface area contributed by atoms with Gasteiger partial charge < -0.3 is 53.8 Å². The van der Waals surface area contributed by atoms with Gasteiger partial charge in [0, 0.05) is 26.3 Å². The Morgan fingerprint density at radius 2 is 1.27 bits per heavy atom. The predicted molar refractivity (Wildman–Crippen MR) is 176 cm³/mol. The van der Waals surface area contributed by atoms with E-state index in [2.05, 4.69) is 37.2 Å². The first-order valence-electron chi connectivity index (χ1n) is 14.7. The van der Waals surface area contributed by atoms with Crippen molar-refractivity contribution in [2.24, 2.45) is 11.5 Å². The van der Waals surface area contributed by atoms with Crippen molar-refractivity contribution in [1.29, 1.82) is 5.41 Å². The molecule has 0 aromatic heterocycles. The lowest BCUT2D eigenvalue weighted by atomic mass is 10.1. The predicted octanol–water partition coefficient (Wildman–Crippen LogP) is -3.03. The highest BCUT2D eigenvalue weighted by molar-refractivity contribution is 6.42. The van der Waals surface area contributed by atoms with Crippen LogP contribution >= 0.6 is 23.2 Å². The van der Waals surface area contributed by atoms with Crippen molar-refractivity contribution in [1.82, 2.24) is 37.2 Å². The van der Waals surface area contributed by atoms with Gasteiger partial charge in [-0.25, -0.2) is 4.79 Å². The number of carbonyl (C=O) groups excluding carboxylic acids is 7. The summed E-state index contributed by atoms with van der Waals surface area (Å²) in [7, 11) is 0. The van der Waals surface area contributed by atoms with E-state index in [0.29, 0.717) is 5.56 Å². The molecular formula is C28H40Cl2N10O9. The Labute approximate surface area is 290 Å². The van der Waals surface area contributed by atoms with Crippen molar-refractivity contribution in [2.75, 3.05) is 26.2 Å². The Morgan fingerprint density at radius 3 is 1.73 bits per heavy atom. The summed E-state index contributed by atoms with van der Waals surface area (Å²) in [5.74, 6) is -7.03. The smallest absolute Gasteiger partial charge is 0.326 e. The number of halogens is 2. The number of benzene rings is 1. The van der Waals surface area contributed by atoms with E-state index in [1.807, 2.05) is 0 Å². The molecule has 21 heteroatoms. The van der Waals surface area contributed by atoms with Crippen molar-refractivity contribution < 1.29 is 43.5 Å². The fourth-order valence-electron chi connectivity index (χ4n) is 3.98. The van der Waals surface area contributed by atoms with Crippen LogP contribution in [0.3, 0.4) is 0 Å². The minimum absolute atomic E-state index is 0.0110. The number of carboxylic acids is 1. The Hall–Kier alpha value is -5.17. The van der Waals surface area contributed by atoms with Crippen molar-refractivity contribution in [3.8, 4) is 0 Å². The minimum atomic E-state index is -1.37. The number of aliphatic carboxylic acids is 1. The van der Waals surface area contributed by atoms with Crippen LogP contribution in [-0.4, -0.2) is 103 Å². The van der Waals surface area contributed by atoms with E-state index in [9.17, 15) is 43.5 Å². The van der Waals surface area contributed by atoms with Crippen LogP contribution in [0.5, 0.6) is 0 Å². The number of nitrogens with one attached hydrogen (secondary N) is 8. The molecule has 0 heterocycles. The fraction of sp³-hybridized carbons (Fsp3) is 0.464. The first-order valence-corrected chi connectivity index (χ1v) is 15.4. The number of primary amides is 1. The fourth-order valence-corrected chi connectivity index (χ4v) is 4.30. The molecule has 0 bridgehead atoms. The molecule has 0 aliphatic rings. The number of carboxylic acid groups (broad SMARTS) is 1. The van der Waals surface area contributed by atoms with Gasteiger partial charge in [0.1, 0.15) is 18.1 Å². The monoisotopic (exact) mass is 730 g/mol. The SMILES string of the molecule is CC(=O)NCC(=O)NC(CCC(N)=O)C(=O)NCC(=O)N[C@@H](CCCNC(=N)N)C(=O)NCC(=O)NC(Cc1ccc(Cl)c(Cl)c1)C(=O)O. The largest absolute Gasteiger partial charge is 0.480 e. The van der Waals surface area contributed by atoms with Gasteiger partial charge in [-0.3, -0.25) is 39.0 Å². The third-order valence-corrected chi connectivity index (χ3v) is 7.11. The second kappa shape index (κ2) is 21.7. The Balaban J connectivity index is 2.84. The van der Waals surface area contributed by atoms with E-state index < -0.39 is 85.1 Å². The Kier molecular flexibility index (Phi) is 18.5. The summed E-state index contributed by atoms with van der Waals surface area (Å²) in [6.45, 7) is -0.434. The summed E-state index contributed by atoms with van der Waals surface area (Å²) in [5, 5.41) is 33.7. The van der Waals surface area contributed by atoms with E-state index in [-0.39, 0.29) is 54.7 Å². The van der Waals surface area contributed by atoms with E-state index in [0.717, 1.165) is 0 Å². The first kappa shape index (κ1) is 41.9. The zero-order valence-electron chi connectivity index (χ0n) is 26.5. The zero-order chi connectivity index (χ0) is 37.1. The number of guanidine groups is 1. The third-order valence-electron chi connectivity index (χ3n) is 6.37. The van der Waals surface area contributed by atoms with Gasteiger partial charge in [0.05, 0.1) is 29.7 Å². The normalized spacial score (nSPS) is 12.2. The molecule has 0 radical (unpaired) electrons. The molecule has 49 heavy (non-hydrogen) atoms. The Morgan fingerprint density at radius 1 is 0.755 bits per heavy atom. The lowest BCUT2D eigenvalue weighted by Crippen LogP contribution is -2.54. The van der Waals surface area contributed by atoms with Gasteiger partial charge in [0.2, 0.25) is 41.4 Å². The lowest BCUT2D eigenvalue weighted by Gasteiger charge is -2.21. The molecular weight excluding hydrogens is 691 g/mol. The van der Waals surface area contributed by atoms with E-state index in [4.69, 9.17) is 40.1 Å². The van der Waals surface area contributed by atoms with Crippen LogP contribution in [-0.2, 0) is 44.8 Å². The highest BCUT2D eigenvalue weighted by Gasteiger charge is 2.26. The van der Waals surface area contributed by atoms with E-state index >= 15 is 0 Å². The molecule has 0 aliphatic heterocycles. The molecule has 1 aromatic carbocycles. The summed E-state index contributed by atoms with van der Waals surface area (Å²) in [6, 6.07) is 0.558. The van der Waals surface area contributed by atoms with Crippen molar-refractivity contribution in [3.05, 3.63) is 33.8 Å². The lowest BCUT2D eigenvalue weighted by molar-refractivity contribution is -0.141. The maximum atomic E-state index is 13.0. The average Bonchev–Trinajstić information content (AvgIpc) is 3.02. The highest BCUT2D eigenvalue weighted by Crippen LogP contribution is 2.23. The molecule has 0 spiro atoms. The summed E-state index contributed by atoms with van der Waals surface area (Å²) in [5.41, 5.74) is 10.9. The van der Waals surface area contributed by atoms with Crippen LogP contribution in [0.15, 0.2) is 18.2 Å². The maximum absolute atomic E-state index is 13.0. The molecule has 1 aromatic rings. The molecule has 7 amide bonds. The highest BCUT2D eigenvalue weighted by atomic mass is 35.5. The van der Waals surface area contributed by atoms with Crippen LogP contribution in [0.1, 0.15) is 38.2 Å². The van der Waals surface area contributed by atoms with Gasteiger partial charge in [-0.2, -0.15) is 0 Å². The molecule has 2 unspecified atom stereocenters. The first-order chi connectivity index (χ1) is 23.0. The number of rotatable bonds is 21. The average molecular weight is 732 g/mol. The van der Waals surface area contributed by atoms with Gasteiger partial charge in [-0.1, -0.05) is 29.3 Å². The van der Waals surface area contributed by atoms with Gasteiger partial charge in [0.15, 0.2) is 5.96 Å². The third kappa shape index (κ3) is 18.1. The molecule has 1 rings (SSSR count). The van der Waals surface area contributed by atoms with Crippen LogP contribution in [0.2, 0.25) is 10.0 Å². The molecule has 0 saturated heterocycles. The number of hydrogen-bond donors (Lipinski definition) is 11. The van der Waals surface area contributed by atoms with E-state index in [1.54, 1.807) is 6.07 Å². The molecule has 19 nitrogen and oxygen atoms in total. The molecule has 13 N–H and O–H groups in total. The molecule has 0 saturated carbocycles. The summed E-state index contributed by atoms with van der Waals surface area (Å²) in [4.78, 5) is 97.1. The van der Waals surface area contributed by atoms with Crippen molar-refractivity contribution >= 4 is 76.5 Å². The van der Waals surface area contributed by atoms with Crippen molar-refractivity contribution in [2.45, 2.75) is 57.2 Å². The number of hydrogen-bond acceptors (Lipinski definition) is 9. The molecule has 270 valence electrons. The van der Waals surface area contributed by atoms with Crippen molar-refractivity contribution in [3.63, 3.8) is 0 Å². The molecule has 0 fully saturated rings. The second-order valence-electron chi connectivity index (χ2n) is 10.5. The van der Waals surface area contributed by atoms with E-state index in [1.165, 1.54) is 19.1 Å². The quantitative estimate of drug-likeness (QED) is 0.0343. The number of nitrogens with two attached hydrogens (primary N) is 2. The summed E-state index contributed by atoms with van der Waals surface area (Å²) < 4.78 is 0. The minimum Gasteiger partial charge on any atom is -0.480 e. The van der Waals surface area contributed by atoms with Crippen LogP contribution in [0.25, 0.3) is 0 Å². The van der Waals surface area contributed by atoms with Gasteiger partial charge in [-0.05, 0) is 37.0 Å². The topological polar surface area (TPSA) is 317 Å². The van der Waals surface area contributed by atoms with Crippen LogP contribution in [0, 0.1) is 5.41 Å². The van der Waals surface area contributed by atoms with Crippen LogP contribution in [0.4, 0.5) is 0 Å². The second-order valence-corrected chi connectivity index (χ2v) is 11.3. The number of amides is 7. The molecule has 0 aliphatic carbocycles. The number of carbonyl (C=O) groups is 8.